The molecule has 1 atom stereocenters. The van der Waals surface area contributed by atoms with E-state index in [9.17, 15) is 9.90 Å². The molecular weight excluding hydrogens is 288 g/mol. The second kappa shape index (κ2) is 12.6. The molecule has 0 aliphatic rings. The predicted octanol–water partition coefficient (Wildman–Crippen LogP) is 2.04. The largest absolute Gasteiger partial charge is 0.391 e. The Balaban J connectivity index is 0.00000400. The Kier molecular flexibility index (Phi) is 12.0. The van der Waals surface area contributed by atoms with E-state index in [2.05, 4.69) is 5.32 Å². The first-order valence-corrected chi connectivity index (χ1v) is 7.41. The van der Waals surface area contributed by atoms with Gasteiger partial charge in [-0.15, -0.1) is 12.4 Å². The molecule has 5 heteroatoms. The van der Waals surface area contributed by atoms with Crippen LogP contribution in [0, 0.1) is 0 Å². The summed E-state index contributed by atoms with van der Waals surface area (Å²) in [5.74, 6) is 0.0184. The Hall–Kier alpha value is -1.10. The van der Waals surface area contributed by atoms with E-state index in [-0.39, 0.29) is 18.3 Å². The number of nitrogens with one attached hydrogen (secondary N) is 1. The number of aliphatic hydroxyl groups excluding tert-OH is 1. The topological polar surface area (TPSA) is 75.4 Å². The average Bonchev–Trinajstić information content (AvgIpc) is 2.46. The molecule has 4 N–H and O–H groups in total. The molecule has 0 fully saturated rings. The maximum atomic E-state index is 11.6. The highest BCUT2D eigenvalue weighted by atomic mass is 35.5. The van der Waals surface area contributed by atoms with Crippen LogP contribution >= 0.6 is 12.4 Å². The van der Waals surface area contributed by atoms with Crippen LogP contribution in [0.25, 0.3) is 0 Å². The fourth-order valence-electron chi connectivity index (χ4n) is 2.06. The average molecular weight is 315 g/mol. The molecule has 1 amide bonds. The fourth-order valence-corrected chi connectivity index (χ4v) is 2.06. The van der Waals surface area contributed by atoms with Gasteiger partial charge in [0.05, 0.1) is 6.10 Å². The van der Waals surface area contributed by atoms with Gasteiger partial charge in [0, 0.05) is 19.4 Å². The maximum absolute atomic E-state index is 11.6. The van der Waals surface area contributed by atoms with Crippen molar-refractivity contribution in [2.75, 3.05) is 13.1 Å². The summed E-state index contributed by atoms with van der Waals surface area (Å²) in [5.41, 5.74) is 6.49. The van der Waals surface area contributed by atoms with Crippen molar-refractivity contribution in [1.29, 1.82) is 0 Å². The standard InChI is InChI=1S/C16H26N2O2.ClH/c17-11-7-2-1-6-10-16(20)18-13-15(19)12-14-8-4-3-5-9-14;/h3-5,8-9,15,19H,1-2,6-7,10-13,17H2,(H,18,20);1H. The maximum Gasteiger partial charge on any atom is 0.220 e. The molecule has 1 aromatic carbocycles. The van der Waals surface area contributed by atoms with Crippen LogP contribution in [0.4, 0.5) is 0 Å². The molecule has 0 aliphatic carbocycles. The summed E-state index contributed by atoms with van der Waals surface area (Å²) in [4.78, 5) is 11.6. The van der Waals surface area contributed by atoms with Gasteiger partial charge in [0.15, 0.2) is 0 Å². The number of carbonyl (C=O) groups excluding carboxylic acids is 1. The molecular formula is C16H27ClN2O2. The minimum absolute atomic E-state index is 0. The monoisotopic (exact) mass is 314 g/mol. The highest BCUT2D eigenvalue weighted by Crippen LogP contribution is 2.04. The number of nitrogens with two attached hydrogens (primary N) is 1. The lowest BCUT2D eigenvalue weighted by Gasteiger charge is -2.12. The van der Waals surface area contributed by atoms with Gasteiger partial charge in [-0.05, 0) is 24.9 Å². The van der Waals surface area contributed by atoms with Gasteiger partial charge in [0.25, 0.3) is 0 Å². The number of unbranched alkanes of at least 4 members (excludes halogenated alkanes) is 3. The van der Waals surface area contributed by atoms with Crippen molar-refractivity contribution in [3.05, 3.63) is 35.9 Å². The van der Waals surface area contributed by atoms with Crippen LogP contribution in [0.2, 0.25) is 0 Å². The highest BCUT2D eigenvalue weighted by Gasteiger charge is 2.07. The lowest BCUT2D eigenvalue weighted by Crippen LogP contribution is -2.33. The summed E-state index contributed by atoms with van der Waals surface area (Å²) >= 11 is 0. The van der Waals surface area contributed by atoms with Crippen molar-refractivity contribution in [3.63, 3.8) is 0 Å². The van der Waals surface area contributed by atoms with E-state index in [4.69, 9.17) is 5.73 Å². The zero-order valence-corrected chi connectivity index (χ0v) is 13.3. The van der Waals surface area contributed by atoms with Crippen LogP contribution < -0.4 is 11.1 Å². The Bertz CT molecular complexity index is 374. The normalized spacial score (nSPS) is 11.5. The summed E-state index contributed by atoms with van der Waals surface area (Å²) in [7, 11) is 0. The van der Waals surface area contributed by atoms with E-state index in [0.29, 0.717) is 19.4 Å². The molecule has 0 radical (unpaired) electrons. The number of benzene rings is 1. The summed E-state index contributed by atoms with van der Waals surface area (Å²) < 4.78 is 0. The van der Waals surface area contributed by atoms with Gasteiger partial charge in [-0.1, -0.05) is 43.2 Å². The van der Waals surface area contributed by atoms with Crippen molar-refractivity contribution in [2.24, 2.45) is 5.73 Å². The van der Waals surface area contributed by atoms with Crippen LogP contribution in [0.5, 0.6) is 0 Å². The van der Waals surface area contributed by atoms with Gasteiger partial charge in [-0.3, -0.25) is 4.79 Å². The molecule has 0 aliphatic heterocycles. The van der Waals surface area contributed by atoms with Gasteiger partial charge in [-0.25, -0.2) is 0 Å². The van der Waals surface area contributed by atoms with Crippen molar-refractivity contribution in [2.45, 2.75) is 44.6 Å². The van der Waals surface area contributed by atoms with Crippen LogP contribution in [0.3, 0.4) is 0 Å². The summed E-state index contributed by atoms with van der Waals surface area (Å²) in [6.45, 7) is 1.04. The van der Waals surface area contributed by atoms with Crippen LogP contribution in [-0.4, -0.2) is 30.2 Å². The van der Waals surface area contributed by atoms with Crippen molar-refractivity contribution in [3.8, 4) is 0 Å². The Morgan fingerprint density at radius 2 is 1.81 bits per heavy atom. The van der Waals surface area contributed by atoms with Crippen molar-refractivity contribution >= 4 is 18.3 Å². The third-order valence-electron chi connectivity index (χ3n) is 3.21. The first kappa shape index (κ1) is 19.9. The number of rotatable bonds is 10. The quantitative estimate of drug-likeness (QED) is 0.578. The number of hydrogen-bond donors (Lipinski definition) is 3. The predicted molar refractivity (Wildman–Crippen MR) is 88.5 cm³/mol. The van der Waals surface area contributed by atoms with Gasteiger partial charge < -0.3 is 16.2 Å². The third-order valence-corrected chi connectivity index (χ3v) is 3.21. The van der Waals surface area contributed by atoms with Crippen LogP contribution in [-0.2, 0) is 11.2 Å². The first-order chi connectivity index (χ1) is 9.72. The van der Waals surface area contributed by atoms with E-state index >= 15 is 0 Å². The van der Waals surface area contributed by atoms with Crippen molar-refractivity contribution < 1.29 is 9.90 Å². The number of carbonyl (C=O) groups is 1. The number of hydrogen-bond acceptors (Lipinski definition) is 3. The number of aliphatic hydroxyl groups is 1. The van der Waals surface area contributed by atoms with E-state index in [1.807, 2.05) is 30.3 Å². The van der Waals surface area contributed by atoms with Gasteiger partial charge in [0.1, 0.15) is 0 Å². The lowest BCUT2D eigenvalue weighted by molar-refractivity contribution is -0.121. The smallest absolute Gasteiger partial charge is 0.220 e. The molecule has 1 rings (SSSR count). The Morgan fingerprint density at radius 1 is 1.14 bits per heavy atom. The molecule has 1 aromatic rings. The summed E-state index contributed by atoms with van der Waals surface area (Å²) in [6.07, 6.45) is 4.61. The molecule has 120 valence electrons. The third kappa shape index (κ3) is 10.3. The second-order valence-corrected chi connectivity index (χ2v) is 5.10. The summed E-state index contributed by atoms with van der Waals surface area (Å²) in [5, 5.41) is 12.6. The SMILES string of the molecule is Cl.NCCCCCCC(=O)NCC(O)Cc1ccccc1. The van der Waals surface area contributed by atoms with Gasteiger partial charge in [0.2, 0.25) is 5.91 Å². The molecule has 0 heterocycles. The first-order valence-electron chi connectivity index (χ1n) is 7.41. The summed E-state index contributed by atoms with van der Waals surface area (Å²) in [6, 6.07) is 9.79. The molecule has 0 spiro atoms. The molecule has 4 nitrogen and oxygen atoms in total. The van der Waals surface area contributed by atoms with Gasteiger partial charge in [-0.2, -0.15) is 0 Å². The lowest BCUT2D eigenvalue weighted by atomic mass is 10.1. The zero-order valence-electron chi connectivity index (χ0n) is 12.5. The molecule has 0 saturated carbocycles. The highest BCUT2D eigenvalue weighted by molar-refractivity contribution is 5.85. The number of amides is 1. The zero-order chi connectivity index (χ0) is 14.6. The van der Waals surface area contributed by atoms with Crippen LogP contribution in [0.1, 0.15) is 37.7 Å². The van der Waals surface area contributed by atoms with Gasteiger partial charge >= 0.3 is 0 Å². The second-order valence-electron chi connectivity index (χ2n) is 5.10. The minimum Gasteiger partial charge on any atom is -0.391 e. The van der Waals surface area contributed by atoms with E-state index in [1.54, 1.807) is 0 Å². The molecule has 0 bridgehead atoms. The molecule has 1 unspecified atom stereocenters. The van der Waals surface area contributed by atoms with E-state index < -0.39 is 6.10 Å². The molecule has 21 heavy (non-hydrogen) atoms. The molecule has 0 aromatic heterocycles. The fraction of sp³-hybridized carbons (Fsp3) is 0.562. The minimum atomic E-state index is -0.529. The number of halogens is 1. The Labute approximate surface area is 133 Å². The van der Waals surface area contributed by atoms with Crippen LogP contribution in [0.15, 0.2) is 30.3 Å². The van der Waals surface area contributed by atoms with E-state index in [0.717, 1.165) is 37.8 Å². The van der Waals surface area contributed by atoms with E-state index in [1.165, 1.54) is 0 Å². The Morgan fingerprint density at radius 3 is 2.48 bits per heavy atom. The van der Waals surface area contributed by atoms with Crippen molar-refractivity contribution in [1.82, 2.24) is 5.32 Å². The molecule has 0 saturated heterocycles.